The molecule has 0 radical (unpaired) electrons. The summed E-state index contributed by atoms with van der Waals surface area (Å²) in [6.07, 6.45) is 5.11. The zero-order valence-corrected chi connectivity index (χ0v) is 16.8. The zero-order valence-electron chi connectivity index (χ0n) is 16.8. The number of amides is 1. The zero-order chi connectivity index (χ0) is 21.3. The summed E-state index contributed by atoms with van der Waals surface area (Å²) < 4.78 is 33.1. The monoisotopic (exact) mass is 413 g/mol. The molecule has 158 valence electrons. The molecule has 7 heteroatoms. The van der Waals surface area contributed by atoms with Gasteiger partial charge in [0, 0.05) is 40.3 Å². The van der Waals surface area contributed by atoms with E-state index in [1.54, 1.807) is 12.1 Å². The van der Waals surface area contributed by atoms with Crippen molar-refractivity contribution in [3.63, 3.8) is 0 Å². The van der Waals surface area contributed by atoms with E-state index in [-0.39, 0.29) is 23.7 Å². The van der Waals surface area contributed by atoms with Gasteiger partial charge in [-0.05, 0) is 68.5 Å². The number of ether oxygens (including phenoxy) is 1. The fraction of sp³-hybridized carbons (Fsp3) is 0.348. The average molecular weight is 413 g/mol. The molecule has 3 aromatic rings. The fourth-order valence-electron chi connectivity index (χ4n) is 4.23. The number of aryl methyl sites for hydroxylation is 1. The Kier molecular flexibility index (Phi) is 5.72. The molecule has 1 aliphatic heterocycles. The number of aromatic nitrogens is 1. The number of H-pyrrole nitrogens is 1. The van der Waals surface area contributed by atoms with Crippen LogP contribution in [-0.2, 0) is 12.8 Å². The summed E-state index contributed by atoms with van der Waals surface area (Å²) >= 11 is 0. The highest BCUT2D eigenvalue weighted by Crippen LogP contribution is 2.31. The number of carbonyl (C=O) groups excluding carboxylic acids is 1. The van der Waals surface area contributed by atoms with Gasteiger partial charge >= 0.3 is 0 Å². The summed E-state index contributed by atoms with van der Waals surface area (Å²) in [5, 5.41) is 4.43. The van der Waals surface area contributed by atoms with Gasteiger partial charge in [-0.15, -0.1) is 0 Å². The number of primary amides is 1. The third-order valence-corrected chi connectivity index (χ3v) is 5.69. The highest BCUT2D eigenvalue weighted by atomic mass is 19.1. The minimum Gasteiger partial charge on any atom is -0.489 e. The lowest BCUT2D eigenvalue weighted by Crippen LogP contribution is -2.44. The van der Waals surface area contributed by atoms with E-state index in [9.17, 15) is 13.6 Å². The molecule has 1 aliphatic rings. The molecule has 1 aromatic heterocycles. The second-order valence-corrected chi connectivity index (χ2v) is 7.94. The number of nitrogens with two attached hydrogens (primary N) is 1. The Morgan fingerprint density at radius 1 is 1.33 bits per heavy atom. The van der Waals surface area contributed by atoms with E-state index in [1.165, 1.54) is 18.2 Å². The van der Waals surface area contributed by atoms with Gasteiger partial charge in [-0.25, -0.2) is 8.78 Å². The van der Waals surface area contributed by atoms with Crippen LogP contribution in [0.15, 0.2) is 36.5 Å². The van der Waals surface area contributed by atoms with Gasteiger partial charge in [0.2, 0.25) is 5.91 Å². The molecule has 30 heavy (non-hydrogen) atoms. The predicted molar refractivity (Wildman–Crippen MR) is 112 cm³/mol. The van der Waals surface area contributed by atoms with Crippen LogP contribution >= 0.6 is 0 Å². The van der Waals surface area contributed by atoms with Crippen LogP contribution in [0.4, 0.5) is 8.78 Å². The number of nitrogens with one attached hydrogen (secondary N) is 2. The second-order valence-electron chi connectivity index (χ2n) is 7.94. The first kappa shape index (κ1) is 20.3. The Balaban J connectivity index is 1.34. The van der Waals surface area contributed by atoms with Crippen molar-refractivity contribution in [3.8, 4) is 5.75 Å². The molecule has 2 unspecified atom stereocenters. The van der Waals surface area contributed by atoms with Crippen LogP contribution in [0.3, 0.4) is 0 Å². The van der Waals surface area contributed by atoms with Crippen LogP contribution in [0.25, 0.3) is 10.9 Å². The van der Waals surface area contributed by atoms with Crippen molar-refractivity contribution in [1.82, 2.24) is 10.3 Å². The maximum absolute atomic E-state index is 14.0. The molecule has 2 heterocycles. The van der Waals surface area contributed by atoms with Gasteiger partial charge in [0.15, 0.2) is 11.6 Å². The topological polar surface area (TPSA) is 80.1 Å². The van der Waals surface area contributed by atoms with Gasteiger partial charge in [-0.1, -0.05) is 0 Å². The number of aromatic amines is 1. The van der Waals surface area contributed by atoms with E-state index in [0.29, 0.717) is 24.2 Å². The first-order chi connectivity index (χ1) is 14.4. The number of rotatable bonds is 7. The van der Waals surface area contributed by atoms with Gasteiger partial charge in [-0.2, -0.15) is 0 Å². The number of benzene rings is 2. The molecule has 0 spiro atoms. The van der Waals surface area contributed by atoms with E-state index < -0.39 is 11.7 Å². The third kappa shape index (κ3) is 4.16. The van der Waals surface area contributed by atoms with Gasteiger partial charge < -0.3 is 20.8 Å². The van der Waals surface area contributed by atoms with Crippen molar-refractivity contribution in [3.05, 3.63) is 64.9 Å². The van der Waals surface area contributed by atoms with E-state index in [0.717, 1.165) is 35.7 Å². The molecule has 4 N–H and O–H groups in total. The first-order valence-corrected chi connectivity index (χ1v) is 10.2. The normalized spacial score (nSPS) is 16.8. The van der Waals surface area contributed by atoms with Gasteiger partial charge in [0.05, 0.1) is 0 Å². The molecule has 5 nitrogen and oxygen atoms in total. The molecule has 0 saturated heterocycles. The van der Waals surface area contributed by atoms with Crippen molar-refractivity contribution < 1.29 is 18.3 Å². The number of hydrogen-bond acceptors (Lipinski definition) is 3. The Morgan fingerprint density at radius 3 is 2.97 bits per heavy atom. The lowest BCUT2D eigenvalue weighted by molar-refractivity contribution is 0.0997. The molecular formula is C23H25F2N3O2. The van der Waals surface area contributed by atoms with E-state index in [1.807, 2.05) is 6.20 Å². The van der Waals surface area contributed by atoms with Gasteiger partial charge in [-0.3, -0.25) is 4.79 Å². The largest absolute Gasteiger partial charge is 0.489 e. The van der Waals surface area contributed by atoms with Gasteiger partial charge in [0.1, 0.15) is 12.4 Å². The van der Waals surface area contributed by atoms with Crippen molar-refractivity contribution in [2.75, 3.05) is 6.61 Å². The van der Waals surface area contributed by atoms with Crippen molar-refractivity contribution in [1.29, 1.82) is 0 Å². The summed E-state index contributed by atoms with van der Waals surface area (Å²) in [7, 11) is 0. The quantitative estimate of drug-likeness (QED) is 0.550. The maximum Gasteiger partial charge on any atom is 0.249 e. The van der Waals surface area contributed by atoms with Crippen molar-refractivity contribution >= 4 is 16.8 Å². The fourth-order valence-corrected chi connectivity index (χ4v) is 4.23. The third-order valence-electron chi connectivity index (χ3n) is 5.69. The summed E-state index contributed by atoms with van der Waals surface area (Å²) in [4.78, 5) is 14.9. The lowest BCUT2D eigenvalue weighted by atomic mass is 9.95. The van der Waals surface area contributed by atoms with Crippen molar-refractivity contribution in [2.24, 2.45) is 5.73 Å². The van der Waals surface area contributed by atoms with Crippen LogP contribution in [0.5, 0.6) is 5.75 Å². The van der Waals surface area contributed by atoms with Crippen molar-refractivity contribution in [2.45, 2.75) is 44.7 Å². The lowest BCUT2D eigenvalue weighted by Gasteiger charge is -2.30. The Labute approximate surface area is 173 Å². The summed E-state index contributed by atoms with van der Waals surface area (Å²) in [6.45, 7) is 2.42. The Hall–Kier alpha value is -2.93. The van der Waals surface area contributed by atoms with E-state index >= 15 is 0 Å². The number of halogens is 2. The molecular weight excluding hydrogens is 388 g/mol. The summed E-state index contributed by atoms with van der Waals surface area (Å²) in [5.74, 6) is -1.17. The molecule has 0 bridgehead atoms. The molecule has 4 rings (SSSR count). The van der Waals surface area contributed by atoms with Gasteiger partial charge in [0.25, 0.3) is 0 Å². The maximum atomic E-state index is 14.0. The SMILES string of the molecule is CC(CCCc1c[nH]c2ccc(F)cc12)NC1COc2c(F)ccc(C(N)=O)c2C1. The minimum atomic E-state index is -0.585. The minimum absolute atomic E-state index is 0.0328. The summed E-state index contributed by atoms with van der Waals surface area (Å²) in [6, 6.07) is 7.57. The molecule has 2 aromatic carbocycles. The number of carbonyl (C=O) groups is 1. The highest BCUT2D eigenvalue weighted by Gasteiger charge is 2.27. The molecule has 0 fully saturated rings. The van der Waals surface area contributed by atoms with Crippen LogP contribution in [0.1, 0.15) is 41.3 Å². The van der Waals surface area contributed by atoms with Crippen LogP contribution < -0.4 is 15.8 Å². The molecule has 2 atom stereocenters. The van der Waals surface area contributed by atoms with Crippen LogP contribution in [0, 0.1) is 11.6 Å². The summed E-state index contributed by atoms with van der Waals surface area (Å²) in [5.41, 5.74) is 8.30. The first-order valence-electron chi connectivity index (χ1n) is 10.2. The Bertz CT molecular complexity index is 1080. The van der Waals surface area contributed by atoms with Crippen LogP contribution in [-0.4, -0.2) is 29.6 Å². The number of hydrogen-bond donors (Lipinski definition) is 3. The second kappa shape index (κ2) is 8.44. The smallest absolute Gasteiger partial charge is 0.249 e. The van der Waals surface area contributed by atoms with Crippen LogP contribution in [0.2, 0.25) is 0 Å². The molecule has 0 aliphatic carbocycles. The van der Waals surface area contributed by atoms with E-state index in [2.05, 4.69) is 17.2 Å². The predicted octanol–water partition coefficient (Wildman–Crippen LogP) is 3.85. The standard InChI is InChI=1S/C23H25F2N3O2/c1-13(3-2-4-14-11-27-21-8-5-15(24)9-18(14)21)28-16-10-19-17(23(26)29)6-7-20(25)22(19)30-12-16/h5-9,11,13,16,27-28H,2-4,10,12H2,1H3,(H2,26,29). The highest BCUT2D eigenvalue weighted by molar-refractivity contribution is 5.95. The van der Waals surface area contributed by atoms with E-state index in [4.69, 9.17) is 10.5 Å². The number of fused-ring (bicyclic) bond motifs is 2. The molecule has 0 saturated carbocycles. The Morgan fingerprint density at radius 2 is 2.17 bits per heavy atom. The average Bonchev–Trinajstić information content (AvgIpc) is 3.10. The molecule has 1 amide bonds.